The average Bonchev–Trinajstić information content (AvgIpc) is 2.46. The van der Waals surface area contributed by atoms with Gasteiger partial charge in [-0.1, -0.05) is 46.5 Å². The molecule has 0 aliphatic carbocycles. The van der Waals surface area contributed by atoms with E-state index in [1.54, 1.807) is 0 Å². The fourth-order valence-corrected chi connectivity index (χ4v) is 2.15. The fourth-order valence-electron chi connectivity index (χ4n) is 2.15. The highest BCUT2D eigenvalue weighted by Gasteiger charge is 2.07. The molecule has 0 fully saturated rings. The van der Waals surface area contributed by atoms with Crippen LogP contribution in [0.3, 0.4) is 0 Å². The van der Waals surface area contributed by atoms with Gasteiger partial charge < -0.3 is 5.73 Å². The second-order valence-corrected chi connectivity index (χ2v) is 5.36. The molecule has 0 saturated heterocycles. The molecular formula is C17H35N3. The third kappa shape index (κ3) is 10.1. The quantitative estimate of drug-likeness (QED) is 0.395. The van der Waals surface area contributed by atoms with Crippen molar-refractivity contribution in [2.24, 2.45) is 15.7 Å². The minimum atomic E-state index is 0.769. The van der Waals surface area contributed by atoms with Crippen molar-refractivity contribution in [1.82, 2.24) is 0 Å². The van der Waals surface area contributed by atoms with E-state index in [1.807, 2.05) is 0 Å². The monoisotopic (exact) mass is 281 g/mol. The van der Waals surface area contributed by atoms with Crippen molar-refractivity contribution >= 4 is 11.4 Å². The Balaban J connectivity index is 4.57. The first kappa shape index (κ1) is 19.3. The summed E-state index contributed by atoms with van der Waals surface area (Å²) in [6.07, 6.45) is 10.3. The summed E-state index contributed by atoms with van der Waals surface area (Å²) in [6.45, 7) is 9.32. The lowest BCUT2D eigenvalue weighted by atomic mass is 10.1. The first-order valence-corrected chi connectivity index (χ1v) is 8.57. The number of nitrogens with zero attached hydrogens (tertiary/aromatic N) is 2. The molecule has 0 heterocycles. The van der Waals surface area contributed by atoms with Gasteiger partial charge in [-0.3, -0.25) is 9.98 Å². The molecule has 3 nitrogen and oxygen atoms in total. The molecule has 20 heavy (non-hydrogen) atoms. The molecule has 0 rings (SSSR count). The van der Waals surface area contributed by atoms with E-state index in [0.717, 1.165) is 58.2 Å². The molecule has 0 aliphatic rings. The fraction of sp³-hybridized carbons (Fsp3) is 0.882. The van der Waals surface area contributed by atoms with Gasteiger partial charge in [0, 0.05) is 13.1 Å². The molecule has 3 heteroatoms. The van der Waals surface area contributed by atoms with E-state index >= 15 is 0 Å². The Morgan fingerprint density at radius 2 is 1.20 bits per heavy atom. The summed E-state index contributed by atoms with van der Waals surface area (Å²) in [5.41, 5.74) is 8.05. The first-order chi connectivity index (χ1) is 9.79. The lowest BCUT2D eigenvalue weighted by molar-refractivity contribution is 0.726. The van der Waals surface area contributed by atoms with Gasteiger partial charge >= 0.3 is 0 Å². The van der Waals surface area contributed by atoms with Crippen LogP contribution in [0.2, 0.25) is 0 Å². The predicted molar refractivity (Wildman–Crippen MR) is 92.2 cm³/mol. The maximum atomic E-state index is 5.53. The van der Waals surface area contributed by atoms with Gasteiger partial charge in [-0.05, 0) is 38.6 Å². The molecule has 0 aliphatic heterocycles. The summed E-state index contributed by atoms with van der Waals surface area (Å²) >= 11 is 0. The number of nitrogens with two attached hydrogens (primary N) is 1. The lowest BCUT2D eigenvalue weighted by Crippen LogP contribution is -2.16. The lowest BCUT2D eigenvalue weighted by Gasteiger charge is -2.09. The molecule has 0 aromatic rings. The highest BCUT2D eigenvalue weighted by Crippen LogP contribution is 2.05. The molecule has 118 valence electrons. The van der Waals surface area contributed by atoms with E-state index in [2.05, 4.69) is 20.8 Å². The van der Waals surface area contributed by atoms with E-state index in [4.69, 9.17) is 15.7 Å². The molecule has 0 aromatic heterocycles. The highest BCUT2D eigenvalue weighted by molar-refractivity contribution is 6.42. The standard InChI is InChI=1S/C17H35N3/c1-4-7-9-14-19-16(11-5-2)17(12-6-3)20-15-10-8-13-18/h4-15,18H2,1-3H3. The van der Waals surface area contributed by atoms with Crippen LogP contribution in [0, 0.1) is 0 Å². The Bertz CT molecular complexity index is 241. The summed E-state index contributed by atoms with van der Waals surface area (Å²) in [4.78, 5) is 9.63. The minimum Gasteiger partial charge on any atom is -0.330 e. The molecule has 0 radical (unpaired) electrons. The van der Waals surface area contributed by atoms with Crippen molar-refractivity contribution in [2.75, 3.05) is 19.6 Å². The smallest absolute Gasteiger partial charge is 0.0558 e. The van der Waals surface area contributed by atoms with E-state index in [1.165, 1.54) is 30.7 Å². The number of rotatable bonds is 13. The SMILES string of the molecule is CCCCCN=C(CCC)C(CCC)=NCCCCN. The first-order valence-electron chi connectivity index (χ1n) is 8.57. The molecular weight excluding hydrogens is 246 g/mol. The molecule has 0 spiro atoms. The second-order valence-electron chi connectivity index (χ2n) is 5.36. The van der Waals surface area contributed by atoms with Crippen molar-refractivity contribution in [2.45, 2.75) is 78.6 Å². The van der Waals surface area contributed by atoms with Crippen molar-refractivity contribution in [3.63, 3.8) is 0 Å². The maximum Gasteiger partial charge on any atom is 0.0558 e. The molecule has 0 aromatic carbocycles. The highest BCUT2D eigenvalue weighted by atomic mass is 14.8. The zero-order chi connectivity index (χ0) is 15.1. The van der Waals surface area contributed by atoms with Crippen molar-refractivity contribution < 1.29 is 0 Å². The van der Waals surface area contributed by atoms with Crippen molar-refractivity contribution in [3.05, 3.63) is 0 Å². The summed E-state index contributed by atoms with van der Waals surface area (Å²) < 4.78 is 0. The van der Waals surface area contributed by atoms with Crippen molar-refractivity contribution in [1.29, 1.82) is 0 Å². The summed E-state index contributed by atoms with van der Waals surface area (Å²) in [6, 6.07) is 0. The van der Waals surface area contributed by atoms with Gasteiger partial charge in [-0.25, -0.2) is 0 Å². The predicted octanol–water partition coefficient (Wildman–Crippen LogP) is 4.40. The third-order valence-electron chi connectivity index (χ3n) is 3.29. The van der Waals surface area contributed by atoms with Crippen LogP contribution in [-0.2, 0) is 0 Å². The normalized spacial score (nSPS) is 13.0. The molecule has 0 saturated carbocycles. The number of unbranched alkanes of at least 4 members (excludes halogenated alkanes) is 3. The van der Waals surface area contributed by atoms with Crippen LogP contribution in [-0.4, -0.2) is 31.1 Å². The number of hydrogen-bond acceptors (Lipinski definition) is 3. The molecule has 0 bridgehead atoms. The Morgan fingerprint density at radius 1 is 0.700 bits per heavy atom. The van der Waals surface area contributed by atoms with E-state index in [9.17, 15) is 0 Å². The second kappa shape index (κ2) is 14.7. The van der Waals surface area contributed by atoms with E-state index in [0.29, 0.717) is 0 Å². The zero-order valence-electron chi connectivity index (χ0n) is 14.0. The van der Waals surface area contributed by atoms with Crippen LogP contribution in [0.1, 0.15) is 78.6 Å². The topological polar surface area (TPSA) is 50.7 Å². The summed E-state index contributed by atoms with van der Waals surface area (Å²) in [7, 11) is 0. The van der Waals surface area contributed by atoms with Gasteiger partial charge in [0.1, 0.15) is 0 Å². The van der Waals surface area contributed by atoms with Crippen LogP contribution in [0.4, 0.5) is 0 Å². The van der Waals surface area contributed by atoms with Gasteiger partial charge in [0.05, 0.1) is 11.4 Å². The van der Waals surface area contributed by atoms with Crippen LogP contribution in [0.25, 0.3) is 0 Å². The van der Waals surface area contributed by atoms with Crippen molar-refractivity contribution in [3.8, 4) is 0 Å². The van der Waals surface area contributed by atoms with Gasteiger partial charge in [0.25, 0.3) is 0 Å². The Labute approximate surface area is 126 Å². The molecule has 0 unspecified atom stereocenters. The van der Waals surface area contributed by atoms with Gasteiger partial charge in [-0.2, -0.15) is 0 Å². The largest absolute Gasteiger partial charge is 0.330 e. The van der Waals surface area contributed by atoms with Crippen LogP contribution in [0.5, 0.6) is 0 Å². The summed E-state index contributed by atoms with van der Waals surface area (Å²) in [5.74, 6) is 0. The van der Waals surface area contributed by atoms with Crippen LogP contribution < -0.4 is 5.73 Å². The molecule has 0 atom stereocenters. The Hall–Kier alpha value is -0.700. The number of aliphatic imine (C=N–C) groups is 2. The van der Waals surface area contributed by atoms with E-state index < -0.39 is 0 Å². The van der Waals surface area contributed by atoms with Crippen LogP contribution in [0.15, 0.2) is 9.98 Å². The van der Waals surface area contributed by atoms with E-state index in [-0.39, 0.29) is 0 Å². The maximum absolute atomic E-state index is 5.53. The Morgan fingerprint density at radius 3 is 1.60 bits per heavy atom. The summed E-state index contributed by atoms with van der Waals surface area (Å²) in [5, 5.41) is 0. The molecule has 2 N–H and O–H groups in total. The van der Waals surface area contributed by atoms with Crippen LogP contribution >= 0.6 is 0 Å². The van der Waals surface area contributed by atoms with Gasteiger partial charge in [-0.15, -0.1) is 0 Å². The zero-order valence-corrected chi connectivity index (χ0v) is 14.0. The van der Waals surface area contributed by atoms with Gasteiger partial charge in [0.2, 0.25) is 0 Å². The molecule has 0 amide bonds. The minimum absolute atomic E-state index is 0.769. The number of hydrogen-bond donors (Lipinski definition) is 1. The third-order valence-corrected chi connectivity index (χ3v) is 3.29. The average molecular weight is 281 g/mol. The Kier molecular flexibility index (Phi) is 14.2. The van der Waals surface area contributed by atoms with Gasteiger partial charge in [0.15, 0.2) is 0 Å².